The van der Waals surface area contributed by atoms with E-state index in [1.807, 2.05) is 12.1 Å². The summed E-state index contributed by atoms with van der Waals surface area (Å²) in [5.74, 6) is 0. The summed E-state index contributed by atoms with van der Waals surface area (Å²) in [4.78, 5) is 10.3. The fourth-order valence-corrected chi connectivity index (χ4v) is 1.99. The number of nitro benzene ring substituents is 1. The molecule has 0 amide bonds. The molecule has 0 radical (unpaired) electrons. The van der Waals surface area contributed by atoms with E-state index < -0.39 is 0 Å². The Labute approximate surface area is 115 Å². The standard InChI is InChI=1S/C15H24N2O2/c1-5-10-16-14(15(2,3)4)11-12-6-8-13(9-7-12)17(18)19/h6-9,14,16H,5,10-11H2,1-4H3. The van der Waals surface area contributed by atoms with Crippen molar-refractivity contribution in [1.82, 2.24) is 5.32 Å². The summed E-state index contributed by atoms with van der Waals surface area (Å²) in [6.07, 6.45) is 1.99. The van der Waals surface area contributed by atoms with Crippen LogP contribution in [0.3, 0.4) is 0 Å². The van der Waals surface area contributed by atoms with E-state index in [2.05, 4.69) is 33.0 Å². The smallest absolute Gasteiger partial charge is 0.269 e. The van der Waals surface area contributed by atoms with E-state index in [9.17, 15) is 10.1 Å². The molecule has 4 nitrogen and oxygen atoms in total. The third-order valence-electron chi connectivity index (χ3n) is 3.27. The molecule has 19 heavy (non-hydrogen) atoms. The van der Waals surface area contributed by atoms with Crippen molar-refractivity contribution >= 4 is 5.69 Å². The van der Waals surface area contributed by atoms with Crippen LogP contribution in [-0.2, 0) is 6.42 Å². The minimum absolute atomic E-state index is 0.151. The predicted octanol–water partition coefficient (Wildman–Crippen LogP) is 3.55. The van der Waals surface area contributed by atoms with E-state index in [1.165, 1.54) is 0 Å². The van der Waals surface area contributed by atoms with Crippen molar-refractivity contribution < 1.29 is 4.92 Å². The quantitative estimate of drug-likeness (QED) is 0.631. The first-order valence-electron chi connectivity index (χ1n) is 6.81. The van der Waals surface area contributed by atoms with Crippen LogP contribution in [0.25, 0.3) is 0 Å². The number of rotatable bonds is 6. The second-order valence-electron chi connectivity index (χ2n) is 6.00. The van der Waals surface area contributed by atoms with Crippen molar-refractivity contribution in [3.8, 4) is 0 Å². The normalized spacial score (nSPS) is 13.3. The molecule has 0 aliphatic heterocycles. The lowest BCUT2D eigenvalue weighted by Gasteiger charge is -2.32. The monoisotopic (exact) mass is 264 g/mol. The van der Waals surface area contributed by atoms with Gasteiger partial charge in [0.25, 0.3) is 5.69 Å². The molecule has 0 spiro atoms. The van der Waals surface area contributed by atoms with E-state index in [0.717, 1.165) is 24.9 Å². The first-order valence-corrected chi connectivity index (χ1v) is 6.81. The molecule has 1 N–H and O–H groups in total. The van der Waals surface area contributed by atoms with Crippen molar-refractivity contribution in [1.29, 1.82) is 0 Å². The molecule has 0 fully saturated rings. The highest BCUT2D eigenvalue weighted by Gasteiger charge is 2.24. The summed E-state index contributed by atoms with van der Waals surface area (Å²) in [5, 5.41) is 14.2. The van der Waals surface area contributed by atoms with Crippen molar-refractivity contribution in [2.75, 3.05) is 6.54 Å². The molecular weight excluding hydrogens is 240 g/mol. The Morgan fingerprint density at radius 1 is 1.26 bits per heavy atom. The molecule has 0 aliphatic carbocycles. The number of nitro groups is 1. The molecule has 0 saturated carbocycles. The van der Waals surface area contributed by atoms with Crippen molar-refractivity contribution in [2.24, 2.45) is 5.41 Å². The Morgan fingerprint density at radius 2 is 1.84 bits per heavy atom. The Morgan fingerprint density at radius 3 is 2.26 bits per heavy atom. The van der Waals surface area contributed by atoms with Gasteiger partial charge in [-0.1, -0.05) is 39.8 Å². The summed E-state index contributed by atoms with van der Waals surface area (Å²) in [7, 11) is 0. The molecule has 1 aromatic rings. The zero-order valence-electron chi connectivity index (χ0n) is 12.3. The van der Waals surface area contributed by atoms with E-state index >= 15 is 0 Å². The lowest BCUT2D eigenvalue weighted by Crippen LogP contribution is -2.42. The van der Waals surface area contributed by atoms with Gasteiger partial charge in [-0.25, -0.2) is 0 Å². The molecule has 0 heterocycles. The number of benzene rings is 1. The molecule has 0 aromatic heterocycles. The highest BCUT2D eigenvalue weighted by Crippen LogP contribution is 2.23. The Kier molecular flexibility index (Phi) is 5.48. The number of hydrogen-bond acceptors (Lipinski definition) is 3. The van der Waals surface area contributed by atoms with Crippen LogP contribution in [0, 0.1) is 15.5 Å². The maximum absolute atomic E-state index is 10.6. The summed E-state index contributed by atoms with van der Waals surface area (Å²) in [6.45, 7) is 9.79. The number of hydrogen-bond donors (Lipinski definition) is 1. The van der Waals surface area contributed by atoms with Gasteiger partial charge in [-0.15, -0.1) is 0 Å². The molecule has 1 rings (SSSR count). The van der Waals surface area contributed by atoms with Gasteiger partial charge in [0.05, 0.1) is 4.92 Å². The van der Waals surface area contributed by atoms with Crippen molar-refractivity contribution in [3.05, 3.63) is 39.9 Å². The lowest BCUT2D eigenvalue weighted by molar-refractivity contribution is -0.384. The zero-order chi connectivity index (χ0) is 14.5. The van der Waals surface area contributed by atoms with Gasteiger partial charge in [-0.3, -0.25) is 10.1 Å². The average molecular weight is 264 g/mol. The van der Waals surface area contributed by atoms with Crippen LogP contribution in [-0.4, -0.2) is 17.5 Å². The van der Waals surface area contributed by atoms with E-state index in [0.29, 0.717) is 6.04 Å². The SMILES string of the molecule is CCCNC(Cc1ccc([N+](=O)[O-])cc1)C(C)(C)C. The first kappa shape index (κ1) is 15.6. The van der Waals surface area contributed by atoms with Crippen LogP contribution >= 0.6 is 0 Å². The highest BCUT2D eigenvalue weighted by atomic mass is 16.6. The van der Waals surface area contributed by atoms with Gasteiger partial charge in [0, 0.05) is 18.2 Å². The third kappa shape index (κ3) is 4.99. The van der Waals surface area contributed by atoms with E-state index in [-0.39, 0.29) is 16.0 Å². The number of nitrogens with one attached hydrogen (secondary N) is 1. The Hall–Kier alpha value is -1.42. The second kappa shape index (κ2) is 6.66. The minimum Gasteiger partial charge on any atom is -0.313 e. The lowest BCUT2D eigenvalue weighted by atomic mass is 9.83. The van der Waals surface area contributed by atoms with Crippen LogP contribution in [0.4, 0.5) is 5.69 Å². The minimum atomic E-state index is -0.361. The molecule has 1 atom stereocenters. The van der Waals surface area contributed by atoms with Gasteiger partial charge in [-0.2, -0.15) is 0 Å². The fraction of sp³-hybridized carbons (Fsp3) is 0.600. The van der Waals surface area contributed by atoms with Gasteiger partial charge < -0.3 is 5.32 Å². The van der Waals surface area contributed by atoms with Crippen molar-refractivity contribution in [2.45, 2.75) is 46.6 Å². The Balaban J connectivity index is 2.75. The summed E-state index contributed by atoms with van der Waals surface area (Å²) >= 11 is 0. The number of non-ortho nitro benzene ring substituents is 1. The molecule has 4 heteroatoms. The summed E-state index contributed by atoms with van der Waals surface area (Å²) < 4.78 is 0. The van der Waals surface area contributed by atoms with Crippen molar-refractivity contribution in [3.63, 3.8) is 0 Å². The molecule has 0 bridgehead atoms. The summed E-state index contributed by atoms with van der Waals surface area (Å²) in [6, 6.07) is 7.23. The van der Waals surface area contributed by atoms with Crippen LogP contribution in [0.5, 0.6) is 0 Å². The van der Waals surface area contributed by atoms with E-state index in [4.69, 9.17) is 0 Å². The van der Waals surface area contributed by atoms with Gasteiger partial charge >= 0.3 is 0 Å². The maximum Gasteiger partial charge on any atom is 0.269 e. The molecule has 106 valence electrons. The average Bonchev–Trinajstić information content (AvgIpc) is 2.33. The Bertz CT molecular complexity index is 407. The predicted molar refractivity (Wildman–Crippen MR) is 78.3 cm³/mol. The number of nitrogens with zero attached hydrogens (tertiary/aromatic N) is 1. The van der Waals surface area contributed by atoms with Gasteiger partial charge in [0.2, 0.25) is 0 Å². The van der Waals surface area contributed by atoms with Gasteiger partial charge in [-0.05, 0) is 30.4 Å². The van der Waals surface area contributed by atoms with Crippen LogP contribution < -0.4 is 5.32 Å². The first-order chi connectivity index (χ1) is 8.84. The molecule has 1 unspecified atom stereocenters. The molecular formula is C15H24N2O2. The van der Waals surface area contributed by atoms with Crippen LogP contribution in [0.15, 0.2) is 24.3 Å². The molecule has 0 aliphatic rings. The summed E-state index contributed by atoms with van der Waals surface area (Å²) in [5.41, 5.74) is 1.45. The third-order valence-corrected chi connectivity index (χ3v) is 3.27. The second-order valence-corrected chi connectivity index (χ2v) is 6.00. The van der Waals surface area contributed by atoms with Gasteiger partial charge in [0.15, 0.2) is 0 Å². The van der Waals surface area contributed by atoms with Gasteiger partial charge in [0.1, 0.15) is 0 Å². The van der Waals surface area contributed by atoms with E-state index in [1.54, 1.807) is 12.1 Å². The zero-order valence-corrected chi connectivity index (χ0v) is 12.3. The maximum atomic E-state index is 10.6. The topological polar surface area (TPSA) is 55.2 Å². The highest BCUT2D eigenvalue weighted by molar-refractivity contribution is 5.33. The van der Waals surface area contributed by atoms with Crippen LogP contribution in [0.1, 0.15) is 39.7 Å². The fourth-order valence-electron chi connectivity index (χ4n) is 1.99. The largest absolute Gasteiger partial charge is 0.313 e. The molecule has 0 saturated heterocycles. The molecule has 1 aromatic carbocycles. The van der Waals surface area contributed by atoms with Crippen LogP contribution in [0.2, 0.25) is 0 Å².